The minimum Gasteiger partial charge on any atom is -0.340 e. The number of hydrogen-bond donors (Lipinski definition) is 2. The lowest BCUT2D eigenvalue weighted by Crippen LogP contribution is -2.29. The van der Waals surface area contributed by atoms with E-state index in [2.05, 4.69) is 20.2 Å². The number of hydrogen-bond acceptors (Lipinski definition) is 4. The van der Waals surface area contributed by atoms with E-state index >= 15 is 0 Å². The van der Waals surface area contributed by atoms with Crippen LogP contribution in [-0.4, -0.2) is 27.6 Å². The van der Waals surface area contributed by atoms with Crippen LogP contribution < -0.4 is 10.6 Å². The quantitative estimate of drug-likeness (QED) is 0.435. The van der Waals surface area contributed by atoms with Crippen molar-refractivity contribution in [3.8, 4) is 22.5 Å². The van der Waals surface area contributed by atoms with E-state index < -0.39 is 0 Å². The van der Waals surface area contributed by atoms with E-state index in [0.29, 0.717) is 17.5 Å². The van der Waals surface area contributed by atoms with Crippen LogP contribution in [0.25, 0.3) is 22.5 Å². The van der Waals surface area contributed by atoms with Gasteiger partial charge >= 0.3 is 0 Å². The van der Waals surface area contributed by atoms with Crippen molar-refractivity contribution in [2.45, 2.75) is 18.9 Å². The maximum absolute atomic E-state index is 13.6. The van der Waals surface area contributed by atoms with Gasteiger partial charge in [0, 0.05) is 29.1 Å². The molecule has 0 radical (unpaired) electrons. The number of aromatic nitrogens is 3. The Balaban J connectivity index is 1.57. The van der Waals surface area contributed by atoms with Crippen molar-refractivity contribution in [1.82, 2.24) is 19.9 Å². The van der Waals surface area contributed by atoms with E-state index in [1.165, 1.54) is 24.3 Å². The zero-order chi connectivity index (χ0) is 21.9. The van der Waals surface area contributed by atoms with Crippen molar-refractivity contribution < 1.29 is 8.78 Å². The van der Waals surface area contributed by atoms with Gasteiger partial charge in [0.2, 0.25) is 0 Å². The molecule has 5 rings (SSSR count). The van der Waals surface area contributed by atoms with Crippen LogP contribution in [0.2, 0.25) is 0 Å². The van der Waals surface area contributed by atoms with Crippen LogP contribution in [0.3, 0.4) is 0 Å². The van der Waals surface area contributed by atoms with E-state index in [-0.39, 0.29) is 11.6 Å². The molecular formula is C25H23F2N5. The van der Waals surface area contributed by atoms with Crippen molar-refractivity contribution in [3.63, 3.8) is 0 Å². The number of imidazole rings is 1. The number of nitrogens with zero attached hydrogens (tertiary/aromatic N) is 3. The Morgan fingerprint density at radius 2 is 1.69 bits per heavy atom. The zero-order valence-electron chi connectivity index (χ0n) is 17.4. The van der Waals surface area contributed by atoms with Gasteiger partial charge in [0.1, 0.15) is 17.5 Å². The van der Waals surface area contributed by atoms with Crippen LogP contribution in [-0.2, 0) is 0 Å². The van der Waals surface area contributed by atoms with Crippen LogP contribution in [0.5, 0.6) is 0 Å². The van der Waals surface area contributed by atoms with Gasteiger partial charge in [0.05, 0.1) is 17.7 Å². The molecule has 0 bridgehead atoms. The van der Waals surface area contributed by atoms with Crippen molar-refractivity contribution in [2.24, 2.45) is 0 Å². The summed E-state index contributed by atoms with van der Waals surface area (Å²) in [7, 11) is 0. The second-order valence-electron chi connectivity index (χ2n) is 7.90. The molecule has 4 aromatic rings. The first-order valence-electron chi connectivity index (χ1n) is 10.7. The van der Waals surface area contributed by atoms with Gasteiger partial charge in [-0.2, -0.15) is 0 Å². The molecule has 0 amide bonds. The van der Waals surface area contributed by atoms with Crippen molar-refractivity contribution in [3.05, 3.63) is 84.8 Å². The summed E-state index contributed by atoms with van der Waals surface area (Å²) in [5.41, 5.74) is 4.18. The maximum Gasteiger partial charge on any atom is 0.130 e. The molecule has 0 atom stereocenters. The van der Waals surface area contributed by atoms with Crippen molar-refractivity contribution in [1.29, 1.82) is 0 Å². The lowest BCUT2D eigenvalue weighted by Gasteiger charge is -2.26. The highest BCUT2D eigenvalue weighted by Gasteiger charge is 2.22. The predicted molar refractivity (Wildman–Crippen MR) is 122 cm³/mol. The number of piperidine rings is 1. The minimum absolute atomic E-state index is 0.279. The summed E-state index contributed by atoms with van der Waals surface area (Å²) in [6, 6.07) is 16.9. The number of pyridine rings is 1. The lowest BCUT2D eigenvalue weighted by molar-refractivity contribution is 0.370. The molecule has 1 saturated heterocycles. The lowest BCUT2D eigenvalue weighted by atomic mass is 10.0. The van der Waals surface area contributed by atoms with E-state index in [1.807, 2.05) is 18.5 Å². The van der Waals surface area contributed by atoms with Gasteiger partial charge in [0.25, 0.3) is 0 Å². The molecule has 32 heavy (non-hydrogen) atoms. The molecule has 162 valence electrons. The van der Waals surface area contributed by atoms with E-state index in [4.69, 9.17) is 4.98 Å². The fourth-order valence-corrected chi connectivity index (χ4v) is 4.19. The largest absolute Gasteiger partial charge is 0.340 e. The molecule has 1 fully saturated rings. The SMILES string of the molecule is Fc1ccc(-c2ncn(C3CCNCC3)c2-c2ccnc(Nc3cccc(F)c3)c2)cc1. The minimum atomic E-state index is -0.311. The van der Waals surface area contributed by atoms with E-state index in [0.717, 1.165) is 48.4 Å². The van der Waals surface area contributed by atoms with Crippen LogP contribution in [0, 0.1) is 11.6 Å². The number of nitrogens with one attached hydrogen (secondary N) is 2. The monoisotopic (exact) mass is 431 g/mol. The summed E-state index contributed by atoms with van der Waals surface area (Å²) >= 11 is 0. The van der Waals surface area contributed by atoms with Gasteiger partial charge in [-0.05, 0) is 80.5 Å². The van der Waals surface area contributed by atoms with Gasteiger partial charge in [-0.15, -0.1) is 0 Å². The average Bonchev–Trinajstić information content (AvgIpc) is 3.26. The molecule has 0 spiro atoms. The highest BCUT2D eigenvalue weighted by atomic mass is 19.1. The summed E-state index contributed by atoms with van der Waals surface area (Å²) in [5.74, 6) is 0.0172. The molecule has 0 saturated carbocycles. The van der Waals surface area contributed by atoms with Crippen LogP contribution in [0.15, 0.2) is 73.2 Å². The Morgan fingerprint density at radius 3 is 2.47 bits per heavy atom. The first kappa shape index (κ1) is 20.3. The smallest absolute Gasteiger partial charge is 0.130 e. The normalized spacial score (nSPS) is 14.4. The standard InChI is InChI=1S/C25H23F2N5/c26-19-6-4-17(5-7-19)24-25(32(16-30-24)22-9-11-28-12-10-22)18-8-13-29-23(14-18)31-21-3-1-2-20(27)15-21/h1-8,13-16,22,28H,9-12H2,(H,29,31). The van der Waals surface area contributed by atoms with Gasteiger partial charge in [-0.1, -0.05) is 6.07 Å². The second kappa shape index (κ2) is 8.88. The molecule has 3 heterocycles. The first-order chi connectivity index (χ1) is 15.7. The summed E-state index contributed by atoms with van der Waals surface area (Å²) in [4.78, 5) is 9.13. The predicted octanol–water partition coefficient (Wildman–Crippen LogP) is 5.56. The fourth-order valence-electron chi connectivity index (χ4n) is 4.19. The van der Waals surface area contributed by atoms with Gasteiger partial charge in [-0.3, -0.25) is 0 Å². The third-order valence-electron chi connectivity index (χ3n) is 5.74. The van der Waals surface area contributed by atoms with Crippen LogP contribution in [0.1, 0.15) is 18.9 Å². The fraction of sp³-hybridized carbons (Fsp3) is 0.200. The molecule has 1 aliphatic heterocycles. The molecule has 2 aromatic heterocycles. The van der Waals surface area contributed by atoms with Crippen molar-refractivity contribution in [2.75, 3.05) is 18.4 Å². The summed E-state index contributed by atoms with van der Waals surface area (Å²) in [6.45, 7) is 1.91. The summed E-state index contributed by atoms with van der Waals surface area (Å²) < 4.78 is 29.4. The molecule has 0 unspecified atom stereocenters. The first-order valence-corrected chi connectivity index (χ1v) is 10.7. The Kier molecular flexibility index (Phi) is 5.64. The van der Waals surface area contributed by atoms with Crippen molar-refractivity contribution >= 4 is 11.5 Å². The number of halogens is 2. The highest BCUT2D eigenvalue weighted by molar-refractivity contribution is 5.80. The van der Waals surface area contributed by atoms with Gasteiger partial charge < -0.3 is 15.2 Å². The number of anilines is 2. The number of benzene rings is 2. The molecule has 5 nitrogen and oxygen atoms in total. The molecule has 2 N–H and O–H groups in total. The Labute approximate surface area is 185 Å². The second-order valence-corrected chi connectivity index (χ2v) is 7.90. The molecular weight excluding hydrogens is 408 g/mol. The third kappa shape index (κ3) is 4.24. The highest BCUT2D eigenvalue weighted by Crippen LogP contribution is 2.36. The van der Waals surface area contributed by atoms with Crippen LogP contribution in [0.4, 0.5) is 20.3 Å². The molecule has 7 heteroatoms. The Bertz CT molecular complexity index is 1210. The van der Waals surface area contributed by atoms with Crippen LogP contribution >= 0.6 is 0 Å². The number of rotatable bonds is 5. The topological polar surface area (TPSA) is 54.8 Å². The molecule has 2 aromatic carbocycles. The van der Waals surface area contributed by atoms with E-state index in [9.17, 15) is 8.78 Å². The molecule has 1 aliphatic rings. The Morgan fingerprint density at radius 1 is 0.875 bits per heavy atom. The molecule has 0 aliphatic carbocycles. The van der Waals surface area contributed by atoms with Gasteiger partial charge in [-0.25, -0.2) is 18.7 Å². The summed E-state index contributed by atoms with van der Waals surface area (Å²) in [5, 5.41) is 6.58. The Hall–Kier alpha value is -3.58. The maximum atomic E-state index is 13.6. The van der Waals surface area contributed by atoms with E-state index in [1.54, 1.807) is 30.5 Å². The zero-order valence-corrected chi connectivity index (χ0v) is 17.4. The summed E-state index contributed by atoms with van der Waals surface area (Å²) in [6.07, 6.45) is 5.62. The third-order valence-corrected chi connectivity index (χ3v) is 5.74. The van der Waals surface area contributed by atoms with Gasteiger partial charge in [0.15, 0.2) is 0 Å². The average molecular weight is 431 g/mol.